The fourth-order valence-electron chi connectivity index (χ4n) is 2.10. The molecular weight excluding hydrogens is 388 g/mol. The Balaban J connectivity index is 1.59. The highest BCUT2D eigenvalue weighted by molar-refractivity contribution is 9.10. The fourth-order valence-corrected chi connectivity index (χ4v) is 3.10. The van der Waals surface area contributed by atoms with Crippen molar-refractivity contribution in [1.82, 2.24) is 4.98 Å². The minimum Gasteiger partial charge on any atom is -0.483 e. The van der Waals surface area contributed by atoms with Crippen LogP contribution in [0.15, 0.2) is 58.4 Å². The average molecular weight is 403 g/mol. The summed E-state index contributed by atoms with van der Waals surface area (Å²) in [4.78, 5) is 16.5. The van der Waals surface area contributed by atoms with E-state index in [0.29, 0.717) is 10.9 Å². The van der Waals surface area contributed by atoms with Gasteiger partial charge in [0.25, 0.3) is 5.91 Å². The zero-order chi connectivity index (χ0) is 16.9. The van der Waals surface area contributed by atoms with Gasteiger partial charge in [0.15, 0.2) is 11.7 Å². The molecule has 3 aromatic rings. The molecule has 4 nitrogen and oxygen atoms in total. The first-order valence-electron chi connectivity index (χ1n) is 7.31. The monoisotopic (exact) mass is 402 g/mol. The predicted octanol–water partition coefficient (Wildman–Crippen LogP) is 4.90. The second kappa shape index (κ2) is 7.59. The number of ether oxygens (including phenoxy) is 1. The zero-order valence-electron chi connectivity index (χ0n) is 13.0. The zero-order valence-corrected chi connectivity index (χ0v) is 15.4. The van der Waals surface area contributed by atoms with Gasteiger partial charge < -0.3 is 4.74 Å². The van der Waals surface area contributed by atoms with Gasteiger partial charge in [-0.3, -0.25) is 10.1 Å². The molecule has 2 aromatic carbocycles. The number of carbonyl (C=O) groups is 1. The maximum absolute atomic E-state index is 12.0. The normalized spacial score (nSPS) is 10.4. The Bertz CT molecular complexity index is 846. The number of hydrogen-bond donors (Lipinski definition) is 1. The fraction of sp³-hybridized carbons (Fsp3) is 0.111. The first kappa shape index (κ1) is 16.7. The number of carbonyl (C=O) groups excluding carboxylic acids is 1. The van der Waals surface area contributed by atoms with Gasteiger partial charge in [-0.15, -0.1) is 11.3 Å². The molecule has 0 aliphatic heterocycles. The number of benzene rings is 2. The molecule has 0 spiro atoms. The lowest BCUT2D eigenvalue weighted by Crippen LogP contribution is -2.20. The second-order valence-corrected chi connectivity index (χ2v) is 6.92. The number of amides is 1. The van der Waals surface area contributed by atoms with Crippen molar-refractivity contribution in [2.24, 2.45) is 0 Å². The third kappa shape index (κ3) is 4.21. The molecule has 1 aromatic heterocycles. The van der Waals surface area contributed by atoms with Crippen LogP contribution >= 0.6 is 27.3 Å². The minimum atomic E-state index is -0.227. The first-order valence-corrected chi connectivity index (χ1v) is 8.99. The Labute approximate surface area is 152 Å². The van der Waals surface area contributed by atoms with E-state index >= 15 is 0 Å². The van der Waals surface area contributed by atoms with Crippen LogP contribution in [-0.4, -0.2) is 17.5 Å². The van der Waals surface area contributed by atoms with Gasteiger partial charge in [0, 0.05) is 15.4 Å². The van der Waals surface area contributed by atoms with E-state index in [1.165, 1.54) is 11.3 Å². The number of nitrogens with one attached hydrogen (secondary N) is 1. The topological polar surface area (TPSA) is 51.2 Å². The van der Waals surface area contributed by atoms with E-state index in [1.54, 1.807) is 0 Å². The van der Waals surface area contributed by atoms with Gasteiger partial charge in [-0.2, -0.15) is 0 Å². The van der Waals surface area contributed by atoms with E-state index in [1.807, 2.05) is 60.8 Å². The number of rotatable bonds is 5. The van der Waals surface area contributed by atoms with Gasteiger partial charge in [-0.05, 0) is 30.7 Å². The lowest BCUT2D eigenvalue weighted by atomic mass is 10.2. The summed E-state index contributed by atoms with van der Waals surface area (Å²) in [6, 6.07) is 15.5. The first-order chi connectivity index (χ1) is 11.6. The molecule has 0 radical (unpaired) electrons. The van der Waals surface area contributed by atoms with Crippen LogP contribution in [0, 0.1) is 6.92 Å². The lowest BCUT2D eigenvalue weighted by molar-refractivity contribution is -0.118. The number of thiazole rings is 1. The van der Waals surface area contributed by atoms with Crippen molar-refractivity contribution >= 4 is 38.3 Å². The number of hydrogen-bond acceptors (Lipinski definition) is 4. The van der Waals surface area contributed by atoms with Crippen molar-refractivity contribution in [3.63, 3.8) is 0 Å². The largest absolute Gasteiger partial charge is 0.483 e. The minimum absolute atomic E-state index is 0.0436. The van der Waals surface area contributed by atoms with Crippen LogP contribution in [-0.2, 0) is 4.79 Å². The third-order valence-corrected chi connectivity index (χ3v) is 4.63. The van der Waals surface area contributed by atoms with Gasteiger partial charge in [-0.1, -0.05) is 46.3 Å². The summed E-state index contributed by atoms with van der Waals surface area (Å²) in [5, 5.41) is 5.25. The number of anilines is 1. The molecule has 0 saturated carbocycles. The standard InChI is InChI=1S/C18H15BrN2O2S/c1-12-4-2-3-5-16(12)23-10-17(22)21-18-20-15(11-24-18)13-6-8-14(19)9-7-13/h2-9,11H,10H2,1H3,(H,20,21,22). The Morgan fingerprint density at radius 3 is 2.71 bits per heavy atom. The Kier molecular flexibility index (Phi) is 5.27. The summed E-state index contributed by atoms with van der Waals surface area (Å²) < 4.78 is 6.55. The number of aryl methyl sites for hydroxylation is 1. The summed E-state index contributed by atoms with van der Waals surface area (Å²) in [6.45, 7) is 1.90. The van der Waals surface area contributed by atoms with Crippen molar-refractivity contribution in [1.29, 1.82) is 0 Å². The van der Waals surface area contributed by atoms with Crippen LogP contribution in [0.5, 0.6) is 5.75 Å². The molecular formula is C18H15BrN2O2S. The molecule has 1 N–H and O–H groups in total. The van der Waals surface area contributed by atoms with Crippen molar-refractivity contribution < 1.29 is 9.53 Å². The van der Waals surface area contributed by atoms with Crippen LogP contribution in [0.2, 0.25) is 0 Å². The van der Waals surface area contributed by atoms with Gasteiger partial charge in [-0.25, -0.2) is 4.98 Å². The van der Waals surface area contributed by atoms with Crippen molar-refractivity contribution in [3.05, 3.63) is 63.9 Å². The summed E-state index contributed by atoms with van der Waals surface area (Å²) in [7, 11) is 0. The molecule has 0 saturated heterocycles. The number of para-hydroxylation sites is 1. The van der Waals surface area contributed by atoms with E-state index in [9.17, 15) is 4.79 Å². The summed E-state index contributed by atoms with van der Waals surface area (Å²) >= 11 is 4.80. The van der Waals surface area contributed by atoms with Gasteiger partial charge in [0.1, 0.15) is 5.75 Å². The van der Waals surface area contributed by atoms with Gasteiger partial charge in [0.2, 0.25) is 0 Å². The van der Waals surface area contributed by atoms with Crippen molar-refractivity contribution in [2.45, 2.75) is 6.92 Å². The quantitative estimate of drug-likeness (QED) is 0.660. The van der Waals surface area contributed by atoms with E-state index in [4.69, 9.17) is 4.74 Å². The molecule has 3 rings (SSSR count). The molecule has 0 aliphatic rings. The molecule has 0 aliphatic carbocycles. The molecule has 0 bridgehead atoms. The summed E-state index contributed by atoms with van der Waals surface area (Å²) in [5.74, 6) is 0.484. The molecule has 0 atom stereocenters. The number of halogens is 1. The van der Waals surface area contributed by atoms with Crippen molar-refractivity contribution in [3.8, 4) is 17.0 Å². The Morgan fingerprint density at radius 2 is 1.96 bits per heavy atom. The number of aromatic nitrogens is 1. The van der Waals surface area contributed by atoms with Crippen LogP contribution in [0.25, 0.3) is 11.3 Å². The summed E-state index contributed by atoms with van der Waals surface area (Å²) in [5.41, 5.74) is 2.84. The maximum atomic E-state index is 12.0. The van der Waals surface area contributed by atoms with Crippen LogP contribution in [0.1, 0.15) is 5.56 Å². The van der Waals surface area contributed by atoms with E-state index in [-0.39, 0.29) is 12.5 Å². The molecule has 0 unspecified atom stereocenters. The lowest BCUT2D eigenvalue weighted by Gasteiger charge is -2.08. The Hall–Kier alpha value is -2.18. The summed E-state index contributed by atoms with van der Waals surface area (Å²) in [6.07, 6.45) is 0. The third-order valence-electron chi connectivity index (χ3n) is 3.34. The molecule has 122 valence electrons. The van der Waals surface area contributed by atoms with E-state index < -0.39 is 0 Å². The van der Waals surface area contributed by atoms with Crippen LogP contribution in [0.3, 0.4) is 0 Å². The van der Waals surface area contributed by atoms with Gasteiger partial charge >= 0.3 is 0 Å². The number of nitrogens with zero attached hydrogens (tertiary/aromatic N) is 1. The Morgan fingerprint density at radius 1 is 1.21 bits per heavy atom. The molecule has 0 fully saturated rings. The highest BCUT2D eigenvalue weighted by Crippen LogP contribution is 2.26. The van der Waals surface area contributed by atoms with E-state index in [0.717, 1.165) is 21.3 Å². The predicted molar refractivity (Wildman–Crippen MR) is 101 cm³/mol. The smallest absolute Gasteiger partial charge is 0.264 e. The molecule has 6 heteroatoms. The highest BCUT2D eigenvalue weighted by Gasteiger charge is 2.09. The van der Waals surface area contributed by atoms with Crippen LogP contribution < -0.4 is 10.1 Å². The molecule has 24 heavy (non-hydrogen) atoms. The van der Waals surface area contributed by atoms with Crippen LogP contribution in [0.4, 0.5) is 5.13 Å². The van der Waals surface area contributed by atoms with Gasteiger partial charge in [0.05, 0.1) is 5.69 Å². The SMILES string of the molecule is Cc1ccccc1OCC(=O)Nc1nc(-c2ccc(Br)cc2)cs1. The second-order valence-electron chi connectivity index (χ2n) is 5.15. The highest BCUT2D eigenvalue weighted by atomic mass is 79.9. The van der Waals surface area contributed by atoms with E-state index in [2.05, 4.69) is 26.2 Å². The molecule has 1 heterocycles. The molecule has 1 amide bonds. The average Bonchev–Trinajstić information content (AvgIpc) is 3.03. The van der Waals surface area contributed by atoms with Crippen molar-refractivity contribution in [2.75, 3.05) is 11.9 Å². The maximum Gasteiger partial charge on any atom is 0.264 e.